The maximum atomic E-state index is 6.03. The van der Waals surface area contributed by atoms with Crippen molar-refractivity contribution in [2.75, 3.05) is 26.2 Å². The van der Waals surface area contributed by atoms with Crippen LogP contribution in [0.3, 0.4) is 0 Å². The molecule has 3 aliphatic rings. The molecule has 2 heterocycles. The highest BCUT2D eigenvalue weighted by molar-refractivity contribution is 7.97. The van der Waals surface area contributed by atoms with Gasteiger partial charge in [-0.15, -0.1) is 0 Å². The predicted octanol–water partition coefficient (Wildman–Crippen LogP) is 4.90. The number of hydrogen-bond acceptors (Lipinski definition) is 3. The summed E-state index contributed by atoms with van der Waals surface area (Å²) in [5.74, 6) is 2.51. The quantitative estimate of drug-likeness (QED) is 0.707. The first-order valence-corrected chi connectivity index (χ1v) is 10.4. The molecule has 0 amide bonds. The van der Waals surface area contributed by atoms with Gasteiger partial charge in [-0.2, -0.15) is 0 Å². The van der Waals surface area contributed by atoms with Crippen molar-refractivity contribution in [3.63, 3.8) is 0 Å². The molecule has 2 fully saturated rings. The van der Waals surface area contributed by atoms with Gasteiger partial charge in [-0.25, -0.2) is 4.31 Å². The minimum absolute atomic E-state index is 0.748. The lowest BCUT2D eigenvalue weighted by molar-refractivity contribution is 0.191. The zero-order valence-electron chi connectivity index (χ0n) is 14.3. The molecule has 0 N–H and O–H groups in total. The second-order valence-electron chi connectivity index (χ2n) is 7.64. The van der Waals surface area contributed by atoms with Crippen molar-refractivity contribution >= 4 is 23.5 Å². The highest BCUT2D eigenvalue weighted by atomic mass is 35.5. The zero-order valence-corrected chi connectivity index (χ0v) is 15.8. The molecule has 0 unspecified atom stereocenters. The third kappa shape index (κ3) is 3.12. The van der Waals surface area contributed by atoms with Gasteiger partial charge in [0.05, 0.1) is 0 Å². The molecule has 2 nitrogen and oxygen atoms in total. The number of halogens is 1. The van der Waals surface area contributed by atoms with E-state index >= 15 is 0 Å². The van der Waals surface area contributed by atoms with Crippen LogP contribution in [0.15, 0.2) is 53.4 Å². The molecular weight excluding hydrogens is 348 g/mol. The molecule has 0 spiro atoms. The van der Waals surface area contributed by atoms with Crippen LogP contribution in [0.4, 0.5) is 0 Å². The summed E-state index contributed by atoms with van der Waals surface area (Å²) in [6.45, 7) is 6.00. The molecule has 1 aliphatic carbocycles. The topological polar surface area (TPSA) is 6.48 Å². The average molecular weight is 371 g/mol. The van der Waals surface area contributed by atoms with Crippen molar-refractivity contribution in [2.45, 2.75) is 23.8 Å². The first-order chi connectivity index (χ1) is 12.3. The van der Waals surface area contributed by atoms with Crippen molar-refractivity contribution in [1.82, 2.24) is 9.21 Å². The smallest absolute Gasteiger partial charge is 0.0406 e. The van der Waals surface area contributed by atoms with Crippen LogP contribution in [-0.2, 0) is 6.54 Å². The Morgan fingerprint density at radius 2 is 1.84 bits per heavy atom. The molecule has 2 aliphatic heterocycles. The summed E-state index contributed by atoms with van der Waals surface area (Å²) in [6, 6.07) is 17.3. The second-order valence-corrected chi connectivity index (χ2v) is 9.22. The Kier molecular flexibility index (Phi) is 4.29. The van der Waals surface area contributed by atoms with Gasteiger partial charge >= 0.3 is 0 Å². The van der Waals surface area contributed by atoms with Gasteiger partial charge in [0.25, 0.3) is 0 Å². The summed E-state index contributed by atoms with van der Waals surface area (Å²) < 4.78 is 2.52. The monoisotopic (exact) mass is 370 g/mol. The summed E-state index contributed by atoms with van der Waals surface area (Å²) in [7, 11) is 0. The molecule has 5 rings (SSSR count). The predicted molar refractivity (Wildman–Crippen MR) is 105 cm³/mol. The summed E-state index contributed by atoms with van der Waals surface area (Å²) in [5.41, 5.74) is 2.97. The van der Waals surface area contributed by atoms with Gasteiger partial charge in [-0.3, -0.25) is 0 Å². The maximum absolute atomic E-state index is 6.03. The van der Waals surface area contributed by atoms with Gasteiger partial charge in [-0.05, 0) is 65.4 Å². The number of nitrogens with zero attached hydrogens (tertiary/aromatic N) is 2. The summed E-state index contributed by atoms with van der Waals surface area (Å²) in [5, 5.41) is 0.844. The Balaban J connectivity index is 1.14. The van der Waals surface area contributed by atoms with E-state index in [-0.39, 0.29) is 0 Å². The van der Waals surface area contributed by atoms with Crippen molar-refractivity contribution in [2.24, 2.45) is 11.8 Å². The van der Waals surface area contributed by atoms with Gasteiger partial charge in [0.15, 0.2) is 0 Å². The Hall–Kier alpha value is -1.00. The molecule has 0 radical (unpaired) electrons. The highest BCUT2D eigenvalue weighted by Gasteiger charge is 2.47. The van der Waals surface area contributed by atoms with E-state index in [0.29, 0.717) is 0 Å². The van der Waals surface area contributed by atoms with Crippen molar-refractivity contribution < 1.29 is 0 Å². The second kappa shape index (κ2) is 6.62. The number of benzene rings is 2. The molecule has 1 saturated heterocycles. The Morgan fingerprint density at radius 3 is 2.68 bits per heavy atom. The molecule has 1 saturated carbocycles. The molecule has 2 aromatic rings. The fraction of sp³-hybridized carbons (Fsp3) is 0.429. The number of likely N-dealkylation sites (tertiary alicyclic amines) is 1. The molecule has 0 aromatic heterocycles. The molecule has 4 heteroatoms. The SMILES string of the molecule is Clc1ccc([C@H]2C[C@@H]3CN(CCN4Cc5ccccc5S4)C[C@@H]32)cc1. The van der Waals surface area contributed by atoms with E-state index in [1.54, 1.807) is 0 Å². The van der Waals surface area contributed by atoms with Crippen LogP contribution in [0.25, 0.3) is 0 Å². The molecule has 130 valence electrons. The van der Waals surface area contributed by atoms with Crippen LogP contribution in [0.1, 0.15) is 23.5 Å². The maximum Gasteiger partial charge on any atom is 0.0406 e. The van der Waals surface area contributed by atoms with E-state index in [1.807, 2.05) is 24.1 Å². The van der Waals surface area contributed by atoms with E-state index in [4.69, 9.17) is 11.6 Å². The minimum atomic E-state index is 0.748. The normalized spacial score (nSPS) is 28.6. The zero-order chi connectivity index (χ0) is 16.8. The highest BCUT2D eigenvalue weighted by Crippen LogP contribution is 2.51. The van der Waals surface area contributed by atoms with Crippen LogP contribution >= 0.6 is 23.5 Å². The molecule has 25 heavy (non-hydrogen) atoms. The average Bonchev–Trinajstić information content (AvgIpc) is 3.16. The fourth-order valence-corrected chi connectivity index (χ4v) is 5.91. The number of fused-ring (bicyclic) bond motifs is 2. The van der Waals surface area contributed by atoms with Crippen LogP contribution < -0.4 is 0 Å². The van der Waals surface area contributed by atoms with E-state index in [1.165, 1.54) is 42.1 Å². The van der Waals surface area contributed by atoms with Crippen LogP contribution in [-0.4, -0.2) is 35.4 Å². The van der Waals surface area contributed by atoms with E-state index < -0.39 is 0 Å². The van der Waals surface area contributed by atoms with Crippen LogP contribution in [0.2, 0.25) is 5.02 Å². The lowest BCUT2D eigenvalue weighted by Gasteiger charge is -2.40. The molecule has 2 aromatic carbocycles. The molecule has 3 atom stereocenters. The third-order valence-electron chi connectivity index (χ3n) is 6.15. The van der Waals surface area contributed by atoms with Crippen LogP contribution in [0.5, 0.6) is 0 Å². The van der Waals surface area contributed by atoms with Gasteiger partial charge < -0.3 is 4.90 Å². The van der Waals surface area contributed by atoms with Crippen molar-refractivity contribution in [3.8, 4) is 0 Å². The summed E-state index contributed by atoms with van der Waals surface area (Å²) in [4.78, 5) is 4.13. The van der Waals surface area contributed by atoms with Crippen molar-refractivity contribution in [3.05, 3.63) is 64.7 Å². The third-order valence-corrected chi connectivity index (χ3v) is 7.57. The largest absolute Gasteiger partial charge is 0.301 e. The molecule has 0 bridgehead atoms. The first kappa shape index (κ1) is 16.2. The van der Waals surface area contributed by atoms with Gasteiger partial charge in [0.1, 0.15) is 0 Å². The lowest BCUT2D eigenvalue weighted by Crippen LogP contribution is -2.33. The summed E-state index contributed by atoms with van der Waals surface area (Å²) in [6.07, 6.45) is 1.35. The van der Waals surface area contributed by atoms with Crippen LogP contribution in [0, 0.1) is 11.8 Å². The fourth-order valence-electron chi connectivity index (χ4n) is 4.74. The molecular formula is C21H23ClN2S. The van der Waals surface area contributed by atoms with Gasteiger partial charge in [0.2, 0.25) is 0 Å². The van der Waals surface area contributed by atoms with Gasteiger partial charge in [-0.1, -0.05) is 41.9 Å². The lowest BCUT2D eigenvalue weighted by atomic mass is 9.64. The minimum Gasteiger partial charge on any atom is -0.301 e. The van der Waals surface area contributed by atoms with E-state index in [0.717, 1.165) is 35.9 Å². The van der Waals surface area contributed by atoms with Gasteiger partial charge in [0, 0.05) is 42.6 Å². The Morgan fingerprint density at radius 1 is 1.00 bits per heavy atom. The van der Waals surface area contributed by atoms with E-state index in [2.05, 4.69) is 45.6 Å². The number of hydrogen-bond donors (Lipinski definition) is 0. The van der Waals surface area contributed by atoms with Crippen molar-refractivity contribution in [1.29, 1.82) is 0 Å². The standard InChI is InChI=1S/C21H23ClN2S/c22-18-7-5-15(6-8-18)19-11-17-12-23(14-20(17)19)9-10-24-13-16-3-1-2-4-21(16)25-24/h1-8,17,19-20H,9-14H2/t17-,19-,20+/m1/s1. The summed E-state index contributed by atoms with van der Waals surface area (Å²) >= 11 is 7.96. The first-order valence-electron chi connectivity index (χ1n) is 9.25. The van der Waals surface area contributed by atoms with E-state index in [9.17, 15) is 0 Å². The Labute approximate surface area is 159 Å². The Bertz CT molecular complexity index is 738. The number of rotatable bonds is 4.